The lowest BCUT2D eigenvalue weighted by molar-refractivity contribution is 0.0982. The smallest absolute Gasteiger partial charge is 0.163 e. The monoisotopic (exact) mass is 300 g/mol. The van der Waals surface area contributed by atoms with Gasteiger partial charge in [0.1, 0.15) is 5.75 Å². The highest BCUT2D eigenvalue weighted by Crippen LogP contribution is 2.26. The van der Waals surface area contributed by atoms with E-state index in [1.54, 1.807) is 6.07 Å². The summed E-state index contributed by atoms with van der Waals surface area (Å²) in [5, 5.41) is 0.619. The van der Waals surface area contributed by atoms with Gasteiger partial charge >= 0.3 is 0 Å². The normalized spacial score (nSPS) is 12.9. The minimum absolute atomic E-state index is 0.136. The van der Waals surface area contributed by atoms with Gasteiger partial charge in [0.2, 0.25) is 0 Å². The van der Waals surface area contributed by atoms with Crippen molar-refractivity contribution in [3.05, 3.63) is 63.7 Å². The molecule has 108 valence electrons. The molecule has 1 aliphatic heterocycles. The number of fused-ring (bicyclic) bond motifs is 1. The maximum Gasteiger partial charge on any atom is 0.163 e. The van der Waals surface area contributed by atoms with E-state index in [0.717, 1.165) is 30.8 Å². The van der Waals surface area contributed by atoms with Gasteiger partial charge in [0.15, 0.2) is 5.78 Å². The van der Waals surface area contributed by atoms with Crippen LogP contribution in [0, 0.1) is 6.92 Å². The average Bonchev–Trinajstić information content (AvgIpc) is 2.91. The van der Waals surface area contributed by atoms with Crippen LogP contribution < -0.4 is 4.74 Å². The van der Waals surface area contributed by atoms with Crippen molar-refractivity contribution in [3.8, 4) is 5.75 Å². The topological polar surface area (TPSA) is 26.3 Å². The third kappa shape index (κ3) is 3.27. The second-order valence-electron chi connectivity index (χ2n) is 5.48. The maximum absolute atomic E-state index is 12.3. The van der Waals surface area contributed by atoms with E-state index in [-0.39, 0.29) is 5.78 Å². The molecular weight excluding hydrogens is 284 g/mol. The number of rotatable bonds is 4. The standard InChI is InChI=1S/C18H17ClO2/c1-12-8-15(11-16(19)9-12)17(20)4-2-13-3-5-18-14(10-13)6-7-21-18/h3,5,8-11H,2,4,6-7H2,1H3. The molecule has 0 radical (unpaired) electrons. The van der Waals surface area contributed by atoms with Gasteiger partial charge in [-0.1, -0.05) is 23.7 Å². The molecule has 2 aromatic rings. The molecule has 0 aromatic heterocycles. The lowest BCUT2D eigenvalue weighted by Gasteiger charge is -2.05. The van der Waals surface area contributed by atoms with E-state index in [1.165, 1.54) is 11.1 Å². The minimum atomic E-state index is 0.136. The lowest BCUT2D eigenvalue weighted by Crippen LogP contribution is -2.02. The van der Waals surface area contributed by atoms with Crippen LogP contribution in [0.4, 0.5) is 0 Å². The molecule has 0 amide bonds. The molecule has 0 fully saturated rings. The summed E-state index contributed by atoms with van der Waals surface area (Å²) < 4.78 is 5.49. The molecule has 2 aromatic carbocycles. The SMILES string of the molecule is Cc1cc(Cl)cc(C(=O)CCc2ccc3c(c2)CCO3)c1. The highest BCUT2D eigenvalue weighted by Gasteiger charge is 2.13. The van der Waals surface area contributed by atoms with Gasteiger partial charge in [-0.05, 0) is 54.3 Å². The molecule has 0 spiro atoms. The van der Waals surface area contributed by atoms with Crippen molar-refractivity contribution in [2.45, 2.75) is 26.2 Å². The van der Waals surface area contributed by atoms with Gasteiger partial charge in [0, 0.05) is 23.4 Å². The van der Waals surface area contributed by atoms with E-state index in [2.05, 4.69) is 6.07 Å². The van der Waals surface area contributed by atoms with Gasteiger partial charge in [0.05, 0.1) is 6.61 Å². The minimum Gasteiger partial charge on any atom is -0.493 e. The quantitative estimate of drug-likeness (QED) is 0.782. The Morgan fingerprint density at radius 1 is 1.24 bits per heavy atom. The van der Waals surface area contributed by atoms with Crippen LogP contribution in [0.1, 0.15) is 33.5 Å². The maximum atomic E-state index is 12.3. The van der Waals surface area contributed by atoms with Crippen LogP contribution in [0.2, 0.25) is 5.02 Å². The molecule has 1 aliphatic rings. The van der Waals surface area contributed by atoms with Crippen LogP contribution in [0.5, 0.6) is 5.75 Å². The van der Waals surface area contributed by atoms with Gasteiger partial charge < -0.3 is 4.74 Å². The molecule has 0 atom stereocenters. The molecule has 0 bridgehead atoms. The molecule has 3 rings (SSSR count). The van der Waals surface area contributed by atoms with Gasteiger partial charge in [0.25, 0.3) is 0 Å². The number of aryl methyl sites for hydroxylation is 2. The molecule has 0 unspecified atom stereocenters. The zero-order valence-electron chi connectivity index (χ0n) is 12.0. The van der Waals surface area contributed by atoms with E-state index in [9.17, 15) is 4.79 Å². The average molecular weight is 301 g/mol. The zero-order chi connectivity index (χ0) is 14.8. The number of ketones is 1. The molecule has 2 nitrogen and oxygen atoms in total. The molecule has 1 heterocycles. The zero-order valence-corrected chi connectivity index (χ0v) is 12.7. The fourth-order valence-electron chi connectivity index (χ4n) is 2.69. The summed E-state index contributed by atoms with van der Waals surface area (Å²) in [7, 11) is 0. The third-order valence-electron chi connectivity index (χ3n) is 3.76. The number of benzene rings is 2. The summed E-state index contributed by atoms with van der Waals surface area (Å²) in [5.74, 6) is 1.12. The van der Waals surface area contributed by atoms with Crippen molar-refractivity contribution < 1.29 is 9.53 Å². The summed E-state index contributed by atoms with van der Waals surface area (Å²) in [5.41, 5.74) is 4.15. The van der Waals surface area contributed by atoms with E-state index < -0.39 is 0 Å². The fourth-order valence-corrected chi connectivity index (χ4v) is 2.98. The number of hydrogen-bond acceptors (Lipinski definition) is 2. The van der Waals surface area contributed by atoms with Crippen LogP contribution in [0.15, 0.2) is 36.4 Å². The number of hydrogen-bond donors (Lipinski definition) is 0. The number of halogens is 1. The van der Waals surface area contributed by atoms with Crippen LogP contribution >= 0.6 is 11.6 Å². The molecule has 0 saturated heterocycles. The van der Waals surface area contributed by atoms with Crippen molar-refractivity contribution in [1.29, 1.82) is 0 Å². The summed E-state index contributed by atoms with van der Waals surface area (Å²) in [6, 6.07) is 11.7. The largest absolute Gasteiger partial charge is 0.493 e. The van der Waals surface area contributed by atoms with E-state index >= 15 is 0 Å². The predicted molar refractivity (Wildman–Crippen MR) is 84.5 cm³/mol. The number of ether oxygens (including phenoxy) is 1. The Kier molecular flexibility index (Phi) is 3.98. The number of carbonyl (C=O) groups excluding carboxylic acids is 1. The van der Waals surface area contributed by atoms with Crippen LogP contribution in [-0.4, -0.2) is 12.4 Å². The molecule has 0 saturated carbocycles. The number of Topliss-reactive ketones (excluding diaryl/α,β-unsaturated/α-hetero) is 1. The fraction of sp³-hybridized carbons (Fsp3) is 0.278. The summed E-state index contributed by atoms with van der Waals surface area (Å²) in [6.07, 6.45) is 2.21. The van der Waals surface area contributed by atoms with Crippen LogP contribution in [-0.2, 0) is 12.8 Å². The van der Waals surface area contributed by atoms with Gasteiger partial charge in [-0.15, -0.1) is 0 Å². The van der Waals surface area contributed by atoms with E-state index in [1.807, 2.05) is 31.2 Å². The Labute approximate surface area is 129 Å². The first-order chi connectivity index (χ1) is 10.1. The summed E-state index contributed by atoms with van der Waals surface area (Å²) >= 11 is 6.01. The molecule has 0 aliphatic carbocycles. The Hall–Kier alpha value is -1.80. The number of carbonyl (C=O) groups is 1. The van der Waals surface area contributed by atoms with Crippen LogP contribution in [0.25, 0.3) is 0 Å². The molecule has 0 N–H and O–H groups in total. The molecule has 3 heteroatoms. The summed E-state index contributed by atoms with van der Waals surface area (Å²) in [6.45, 7) is 2.71. The third-order valence-corrected chi connectivity index (χ3v) is 3.98. The first-order valence-electron chi connectivity index (χ1n) is 7.17. The van der Waals surface area contributed by atoms with Crippen molar-refractivity contribution in [2.75, 3.05) is 6.61 Å². The second kappa shape index (κ2) is 5.90. The van der Waals surface area contributed by atoms with Gasteiger partial charge in [-0.2, -0.15) is 0 Å². The Balaban J connectivity index is 1.68. The Morgan fingerprint density at radius 3 is 2.90 bits per heavy atom. The predicted octanol–water partition coefficient (Wildman–Crippen LogP) is 4.40. The Bertz CT molecular complexity index is 671. The van der Waals surface area contributed by atoms with Gasteiger partial charge in [-0.25, -0.2) is 0 Å². The van der Waals surface area contributed by atoms with Gasteiger partial charge in [-0.3, -0.25) is 4.79 Å². The highest BCUT2D eigenvalue weighted by molar-refractivity contribution is 6.31. The highest BCUT2D eigenvalue weighted by atomic mass is 35.5. The van der Waals surface area contributed by atoms with Crippen molar-refractivity contribution in [1.82, 2.24) is 0 Å². The van der Waals surface area contributed by atoms with Crippen molar-refractivity contribution in [3.63, 3.8) is 0 Å². The van der Waals surface area contributed by atoms with Crippen LogP contribution in [0.3, 0.4) is 0 Å². The lowest BCUT2D eigenvalue weighted by atomic mass is 10.00. The van der Waals surface area contributed by atoms with E-state index in [4.69, 9.17) is 16.3 Å². The second-order valence-corrected chi connectivity index (χ2v) is 5.92. The van der Waals surface area contributed by atoms with E-state index in [0.29, 0.717) is 17.0 Å². The molecule has 21 heavy (non-hydrogen) atoms. The van der Waals surface area contributed by atoms with Crippen molar-refractivity contribution in [2.24, 2.45) is 0 Å². The first-order valence-corrected chi connectivity index (χ1v) is 7.54. The first kappa shape index (κ1) is 14.2. The molecular formula is C18H17ClO2. The summed E-state index contributed by atoms with van der Waals surface area (Å²) in [4.78, 5) is 12.3. The Morgan fingerprint density at radius 2 is 2.10 bits per heavy atom. The van der Waals surface area contributed by atoms with Crippen molar-refractivity contribution >= 4 is 17.4 Å².